The number of benzene rings is 1. The average molecular weight is 406 g/mol. The number of amides is 2. The minimum Gasteiger partial charge on any atom is -0.338 e. The number of piperidine rings is 1. The van der Waals surface area contributed by atoms with Gasteiger partial charge in [0, 0.05) is 38.6 Å². The van der Waals surface area contributed by atoms with Crippen LogP contribution in [-0.4, -0.2) is 54.4 Å². The van der Waals surface area contributed by atoms with Gasteiger partial charge < -0.3 is 10.6 Å². The van der Waals surface area contributed by atoms with Gasteiger partial charge in [0.25, 0.3) is 0 Å². The van der Waals surface area contributed by atoms with Gasteiger partial charge in [0.05, 0.1) is 12.8 Å². The lowest BCUT2D eigenvalue weighted by atomic mass is 9.98. The molecule has 1 aliphatic heterocycles. The van der Waals surface area contributed by atoms with Gasteiger partial charge in [0.2, 0.25) is 10.0 Å². The van der Waals surface area contributed by atoms with Crippen molar-refractivity contribution in [3.63, 3.8) is 0 Å². The predicted molar refractivity (Wildman–Crippen MR) is 107 cm³/mol. The first-order valence-corrected chi connectivity index (χ1v) is 11.3. The third kappa shape index (κ3) is 5.80. The Morgan fingerprint density at radius 3 is 2.50 bits per heavy atom. The maximum absolute atomic E-state index is 12.2. The molecule has 1 aliphatic rings. The van der Waals surface area contributed by atoms with E-state index < -0.39 is 10.0 Å². The van der Waals surface area contributed by atoms with Gasteiger partial charge in [0.15, 0.2) is 0 Å². The molecule has 0 unspecified atom stereocenters. The number of aromatic nitrogens is 2. The molecule has 0 aliphatic carbocycles. The van der Waals surface area contributed by atoms with E-state index in [0.717, 1.165) is 24.0 Å². The summed E-state index contributed by atoms with van der Waals surface area (Å²) in [5, 5.41) is 10.0. The second-order valence-corrected chi connectivity index (χ2v) is 9.12. The fourth-order valence-corrected chi connectivity index (χ4v) is 4.25. The van der Waals surface area contributed by atoms with Crippen LogP contribution >= 0.6 is 0 Å². The molecule has 2 heterocycles. The predicted octanol–water partition coefficient (Wildman–Crippen LogP) is 1.40. The van der Waals surface area contributed by atoms with Crippen LogP contribution in [0.4, 0.5) is 4.79 Å². The first-order chi connectivity index (χ1) is 13.4. The summed E-state index contributed by atoms with van der Waals surface area (Å²) in [6.07, 6.45) is 6.42. The van der Waals surface area contributed by atoms with Crippen LogP contribution in [0.5, 0.6) is 0 Å². The lowest BCUT2D eigenvalue weighted by Crippen LogP contribution is -2.43. The number of carbonyl (C=O) groups is 1. The zero-order valence-corrected chi connectivity index (χ0v) is 16.9. The molecule has 28 heavy (non-hydrogen) atoms. The van der Waals surface area contributed by atoms with Crippen LogP contribution in [0.3, 0.4) is 0 Å². The minimum atomic E-state index is -3.12. The Bertz CT molecular complexity index is 875. The fraction of sp³-hybridized carbons (Fsp3) is 0.474. The van der Waals surface area contributed by atoms with Crippen molar-refractivity contribution in [1.82, 2.24) is 24.7 Å². The molecule has 1 aromatic carbocycles. The number of hydrogen-bond acceptors (Lipinski definition) is 4. The van der Waals surface area contributed by atoms with E-state index in [0.29, 0.717) is 38.6 Å². The highest BCUT2D eigenvalue weighted by Gasteiger charge is 2.24. The van der Waals surface area contributed by atoms with E-state index in [2.05, 4.69) is 15.7 Å². The molecule has 2 N–H and O–H groups in total. The van der Waals surface area contributed by atoms with Crippen LogP contribution in [0.1, 0.15) is 24.0 Å². The van der Waals surface area contributed by atoms with Crippen molar-refractivity contribution in [2.75, 3.05) is 25.9 Å². The first-order valence-electron chi connectivity index (χ1n) is 9.43. The molecule has 1 saturated heterocycles. The van der Waals surface area contributed by atoms with Gasteiger partial charge in [-0.15, -0.1) is 0 Å². The molecule has 0 atom stereocenters. The Hall–Kier alpha value is -2.39. The van der Waals surface area contributed by atoms with Gasteiger partial charge in [-0.05, 0) is 36.0 Å². The standard InChI is InChI=1S/C19H27N5O3S/c1-28(26,27)24-11-7-16(8-12-24)13-20-19(25)21-14-17-5-2-3-6-18(17)15-23-10-4-9-22-23/h2-6,9-10,16H,7-8,11-15H2,1H3,(H2,20,21,25). The van der Waals surface area contributed by atoms with E-state index in [1.54, 1.807) is 6.20 Å². The number of rotatable bonds is 7. The van der Waals surface area contributed by atoms with E-state index in [1.165, 1.54) is 10.6 Å². The Balaban J connectivity index is 1.43. The van der Waals surface area contributed by atoms with Gasteiger partial charge in [-0.1, -0.05) is 24.3 Å². The van der Waals surface area contributed by atoms with E-state index in [4.69, 9.17) is 0 Å². The number of nitrogens with one attached hydrogen (secondary N) is 2. The maximum atomic E-state index is 12.2. The minimum absolute atomic E-state index is 0.209. The lowest BCUT2D eigenvalue weighted by molar-refractivity contribution is 0.231. The SMILES string of the molecule is CS(=O)(=O)N1CCC(CNC(=O)NCc2ccccc2Cn2cccn2)CC1. The Kier molecular flexibility index (Phi) is 6.69. The summed E-state index contributed by atoms with van der Waals surface area (Å²) in [7, 11) is -3.12. The van der Waals surface area contributed by atoms with Gasteiger partial charge >= 0.3 is 6.03 Å². The molecule has 8 nitrogen and oxygen atoms in total. The van der Waals surface area contributed by atoms with Gasteiger partial charge in [-0.2, -0.15) is 5.10 Å². The molecule has 1 aromatic heterocycles. The molecule has 2 aromatic rings. The molecule has 1 fully saturated rings. The van der Waals surface area contributed by atoms with E-state index in [9.17, 15) is 13.2 Å². The second-order valence-electron chi connectivity index (χ2n) is 7.14. The van der Waals surface area contributed by atoms with Gasteiger partial charge in [0.1, 0.15) is 0 Å². The van der Waals surface area contributed by atoms with Gasteiger partial charge in [-0.25, -0.2) is 17.5 Å². The van der Waals surface area contributed by atoms with Crippen LogP contribution in [0, 0.1) is 5.92 Å². The fourth-order valence-electron chi connectivity index (χ4n) is 3.37. The summed E-state index contributed by atoms with van der Waals surface area (Å²) in [6.45, 7) is 2.70. The summed E-state index contributed by atoms with van der Waals surface area (Å²) in [6, 6.07) is 9.64. The van der Waals surface area contributed by atoms with Crippen molar-refractivity contribution in [3.8, 4) is 0 Å². The highest BCUT2D eigenvalue weighted by molar-refractivity contribution is 7.88. The molecule has 3 rings (SSSR count). The topological polar surface area (TPSA) is 96.3 Å². The first kappa shape index (κ1) is 20.3. The van der Waals surface area contributed by atoms with E-state index in [1.807, 2.05) is 41.2 Å². The second kappa shape index (κ2) is 9.20. The zero-order chi connectivity index (χ0) is 20.0. The molecule has 2 amide bonds. The molecule has 152 valence electrons. The number of sulfonamides is 1. The largest absolute Gasteiger partial charge is 0.338 e. The summed E-state index contributed by atoms with van der Waals surface area (Å²) >= 11 is 0. The van der Waals surface area contributed by atoms with Crippen molar-refractivity contribution >= 4 is 16.1 Å². The molecule has 0 radical (unpaired) electrons. The van der Waals surface area contributed by atoms with Crippen LogP contribution in [0.2, 0.25) is 0 Å². The van der Waals surface area contributed by atoms with Gasteiger partial charge in [-0.3, -0.25) is 4.68 Å². The Labute approximate surface area is 166 Å². The Morgan fingerprint density at radius 2 is 1.86 bits per heavy atom. The lowest BCUT2D eigenvalue weighted by Gasteiger charge is -2.30. The highest BCUT2D eigenvalue weighted by atomic mass is 32.2. The van der Waals surface area contributed by atoms with Crippen LogP contribution in [0.25, 0.3) is 0 Å². The normalized spacial score (nSPS) is 16.0. The molecule has 0 saturated carbocycles. The summed E-state index contributed by atoms with van der Waals surface area (Å²) in [4.78, 5) is 12.2. The Morgan fingerprint density at radius 1 is 1.14 bits per heavy atom. The summed E-state index contributed by atoms with van der Waals surface area (Å²) < 4.78 is 26.4. The van der Waals surface area contributed by atoms with E-state index >= 15 is 0 Å². The van der Waals surface area contributed by atoms with Crippen LogP contribution in [-0.2, 0) is 23.1 Å². The maximum Gasteiger partial charge on any atom is 0.315 e. The van der Waals surface area contributed by atoms with Crippen molar-refractivity contribution in [1.29, 1.82) is 0 Å². The molecular weight excluding hydrogens is 378 g/mol. The highest BCUT2D eigenvalue weighted by Crippen LogP contribution is 2.18. The van der Waals surface area contributed by atoms with Crippen LogP contribution < -0.4 is 10.6 Å². The third-order valence-electron chi connectivity index (χ3n) is 5.04. The number of urea groups is 1. The van der Waals surface area contributed by atoms with Crippen molar-refractivity contribution in [3.05, 3.63) is 53.9 Å². The smallest absolute Gasteiger partial charge is 0.315 e. The quantitative estimate of drug-likeness (QED) is 0.728. The average Bonchev–Trinajstić information content (AvgIpc) is 3.18. The van der Waals surface area contributed by atoms with Crippen molar-refractivity contribution in [2.24, 2.45) is 5.92 Å². The van der Waals surface area contributed by atoms with E-state index in [-0.39, 0.29) is 6.03 Å². The summed E-state index contributed by atoms with van der Waals surface area (Å²) in [5.74, 6) is 0.302. The monoisotopic (exact) mass is 405 g/mol. The molecule has 0 spiro atoms. The summed E-state index contributed by atoms with van der Waals surface area (Å²) in [5.41, 5.74) is 2.16. The number of hydrogen-bond donors (Lipinski definition) is 2. The number of carbonyl (C=O) groups excluding carboxylic acids is 1. The molecule has 0 bridgehead atoms. The third-order valence-corrected chi connectivity index (χ3v) is 6.35. The van der Waals surface area contributed by atoms with Crippen molar-refractivity contribution in [2.45, 2.75) is 25.9 Å². The molecular formula is C19H27N5O3S. The van der Waals surface area contributed by atoms with Crippen molar-refractivity contribution < 1.29 is 13.2 Å². The van der Waals surface area contributed by atoms with Crippen LogP contribution in [0.15, 0.2) is 42.7 Å². The zero-order valence-electron chi connectivity index (χ0n) is 16.0. The molecule has 9 heteroatoms. The number of nitrogens with zero attached hydrogens (tertiary/aromatic N) is 3.